The highest BCUT2D eigenvalue weighted by Gasteiger charge is 2.26. The van der Waals surface area contributed by atoms with E-state index in [1.54, 1.807) is 24.3 Å². The van der Waals surface area contributed by atoms with Crippen LogP contribution in [-0.4, -0.2) is 38.1 Å². The molecule has 0 unspecified atom stereocenters. The van der Waals surface area contributed by atoms with Crippen LogP contribution in [0.3, 0.4) is 0 Å². The molecule has 1 aliphatic rings. The van der Waals surface area contributed by atoms with Crippen molar-refractivity contribution in [2.45, 2.75) is 37.8 Å². The third kappa shape index (κ3) is 3.95. The lowest BCUT2D eigenvalue weighted by atomic mass is 9.93. The molecule has 0 spiro atoms. The minimum absolute atomic E-state index is 0.0777. The second-order valence-electron chi connectivity index (χ2n) is 8.11. The first-order valence-electron chi connectivity index (χ1n) is 10.8. The van der Waals surface area contributed by atoms with Crippen molar-refractivity contribution in [1.29, 1.82) is 0 Å². The lowest BCUT2D eigenvalue weighted by Crippen LogP contribution is -2.22. The van der Waals surface area contributed by atoms with Gasteiger partial charge in [-0.1, -0.05) is 6.07 Å². The van der Waals surface area contributed by atoms with E-state index in [1.165, 1.54) is 19.5 Å². The Bertz CT molecular complexity index is 1280. The van der Waals surface area contributed by atoms with E-state index in [0.29, 0.717) is 28.3 Å². The third-order valence-electron chi connectivity index (χ3n) is 6.03. The average molecular weight is 449 g/mol. The van der Waals surface area contributed by atoms with E-state index in [2.05, 4.69) is 9.97 Å². The number of halogens is 1. The number of nitrogens with two attached hydrogens (primary N) is 1. The smallest absolute Gasteiger partial charge is 0.207 e. The van der Waals surface area contributed by atoms with Crippen LogP contribution in [-0.2, 0) is 0 Å². The van der Waals surface area contributed by atoms with Crippen LogP contribution in [0.4, 0.5) is 10.2 Å². The summed E-state index contributed by atoms with van der Waals surface area (Å²) < 4.78 is 27.0. The molecule has 1 aliphatic carbocycles. The zero-order chi connectivity index (χ0) is 22.9. The summed E-state index contributed by atoms with van der Waals surface area (Å²) >= 11 is 0. The van der Waals surface area contributed by atoms with Gasteiger partial charge in [0.05, 0.1) is 24.6 Å². The van der Waals surface area contributed by atoms with Crippen molar-refractivity contribution >= 4 is 16.9 Å². The molecule has 2 aromatic heterocycles. The second-order valence-corrected chi connectivity index (χ2v) is 8.11. The van der Waals surface area contributed by atoms with Crippen LogP contribution >= 0.6 is 0 Å². The highest BCUT2D eigenvalue weighted by molar-refractivity contribution is 5.98. The number of aliphatic hydroxyl groups excluding tert-OH is 1. The molecule has 0 aliphatic heterocycles. The van der Waals surface area contributed by atoms with Crippen LogP contribution in [0, 0.1) is 5.82 Å². The lowest BCUT2D eigenvalue weighted by Gasteiger charge is -2.25. The van der Waals surface area contributed by atoms with Crippen LogP contribution in [0.1, 0.15) is 31.7 Å². The SMILES string of the molecule is COc1cccc(Oc2ccc(-c3nn([C@H]4CC[C@H](O)CC4)c4ncnc(N)c34)cc2)c1F. The molecule has 2 aromatic carbocycles. The highest BCUT2D eigenvalue weighted by atomic mass is 19.1. The first-order valence-corrected chi connectivity index (χ1v) is 10.8. The van der Waals surface area contributed by atoms with Gasteiger partial charge >= 0.3 is 0 Å². The molecule has 0 saturated heterocycles. The predicted octanol–water partition coefficient (Wildman–Crippen LogP) is 4.49. The fourth-order valence-electron chi connectivity index (χ4n) is 4.29. The molecule has 1 fully saturated rings. The summed E-state index contributed by atoms with van der Waals surface area (Å²) in [6, 6.07) is 12.1. The Hall–Kier alpha value is -3.72. The first-order chi connectivity index (χ1) is 16.0. The van der Waals surface area contributed by atoms with Gasteiger partial charge in [0.15, 0.2) is 17.1 Å². The fourth-order valence-corrected chi connectivity index (χ4v) is 4.29. The van der Waals surface area contributed by atoms with Crippen LogP contribution < -0.4 is 15.2 Å². The van der Waals surface area contributed by atoms with Crippen LogP contribution in [0.2, 0.25) is 0 Å². The highest BCUT2D eigenvalue weighted by Crippen LogP contribution is 2.37. The topological polar surface area (TPSA) is 108 Å². The standard InChI is InChI=1S/C24H24FN5O3/c1-32-18-3-2-4-19(21(18)25)33-17-11-5-14(6-12-17)22-20-23(26)27-13-28-24(20)30(29-22)15-7-9-16(31)10-8-15/h2-6,11-13,15-16,31H,7-10H2,1H3,(H2,26,27,28)/t15-,16-. The zero-order valence-electron chi connectivity index (χ0n) is 18.1. The Morgan fingerprint density at radius 3 is 2.48 bits per heavy atom. The first kappa shape index (κ1) is 21.1. The van der Waals surface area contributed by atoms with Crippen molar-refractivity contribution < 1.29 is 19.0 Å². The van der Waals surface area contributed by atoms with E-state index >= 15 is 0 Å². The molecule has 3 N–H and O–H groups in total. The third-order valence-corrected chi connectivity index (χ3v) is 6.03. The summed E-state index contributed by atoms with van der Waals surface area (Å²) in [5.74, 6) is 0.466. The average Bonchev–Trinajstić information content (AvgIpc) is 3.22. The maximum absolute atomic E-state index is 14.4. The van der Waals surface area contributed by atoms with Crippen molar-refractivity contribution in [2.75, 3.05) is 12.8 Å². The Morgan fingerprint density at radius 1 is 1.03 bits per heavy atom. The number of hydrogen-bond donors (Lipinski definition) is 2. The van der Waals surface area contributed by atoms with Gasteiger partial charge in [-0.05, 0) is 62.1 Å². The van der Waals surface area contributed by atoms with Gasteiger partial charge in [-0.15, -0.1) is 0 Å². The molecular weight excluding hydrogens is 425 g/mol. The number of anilines is 1. The van der Waals surface area contributed by atoms with Gasteiger partial charge in [0.25, 0.3) is 0 Å². The molecular formula is C24H24FN5O3. The van der Waals surface area contributed by atoms with Gasteiger partial charge in [0.1, 0.15) is 23.6 Å². The summed E-state index contributed by atoms with van der Waals surface area (Å²) in [4.78, 5) is 8.61. The number of nitrogen functional groups attached to an aromatic ring is 1. The number of fused-ring (bicyclic) bond motifs is 1. The van der Waals surface area contributed by atoms with Crippen LogP contribution in [0.5, 0.6) is 17.2 Å². The molecule has 8 nitrogen and oxygen atoms in total. The molecule has 0 amide bonds. The normalized spacial score (nSPS) is 18.4. The summed E-state index contributed by atoms with van der Waals surface area (Å²) in [5.41, 5.74) is 8.38. The van der Waals surface area contributed by atoms with E-state index < -0.39 is 5.82 Å². The Kier molecular flexibility index (Phi) is 5.55. The zero-order valence-corrected chi connectivity index (χ0v) is 18.1. The number of aliphatic hydroxyl groups is 1. The van der Waals surface area contributed by atoms with E-state index in [4.69, 9.17) is 20.3 Å². The Labute approximate surface area is 189 Å². The second kappa shape index (κ2) is 8.67. The maximum atomic E-state index is 14.4. The quantitative estimate of drug-likeness (QED) is 0.462. The monoisotopic (exact) mass is 449 g/mol. The largest absolute Gasteiger partial charge is 0.494 e. The molecule has 4 aromatic rings. The minimum atomic E-state index is -0.559. The van der Waals surface area contributed by atoms with Crippen molar-refractivity contribution in [3.63, 3.8) is 0 Å². The van der Waals surface area contributed by atoms with Crippen molar-refractivity contribution in [3.05, 3.63) is 54.6 Å². The number of rotatable bonds is 5. The number of aromatic nitrogens is 4. The van der Waals surface area contributed by atoms with Gasteiger partial charge in [0.2, 0.25) is 5.82 Å². The minimum Gasteiger partial charge on any atom is -0.494 e. The molecule has 9 heteroatoms. The summed E-state index contributed by atoms with van der Waals surface area (Å²) in [5, 5.41) is 15.4. The van der Waals surface area contributed by atoms with Gasteiger partial charge in [-0.2, -0.15) is 9.49 Å². The summed E-state index contributed by atoms with van der Waals surface area (Å²) in [6.07, 6.45) is 4.28. The van der Waals surface area contributed by atoms with E-state index in [-0.39, 0.29) is 23.6 Å². The summed E-state index contributed by atoms with van der Waals surface area (Å²) in [7, 11) is 1.41. The molecule has 2 heterocycles. The number of nitrogens with zero attached hydrogens (tertiary/aromatic N) is 4. The van der Waals surface area contributed by atoms with Crippen LogP contribution in [0.25, 0.3) is 22.3 Å². The van der Waals surface area contributed by atoms with E-state index in [1.807, 2.05) is 16.8 Å². The van der Waals surface area contributed by atoms with Gasteiger partial charge in [-0.25, -0.2) is 14.6 Å². The van der Waals surface area contributed by atoms with E-state index in [0.717, 1.165) is 31.2 Å². The Morgan fingerprint density at radius 2 is 1.76 bits per heavy atom. The van der Waals surface area contributed by atoms with Crippen molar-refractivity contribution in [2.24, 2.45) is 0 Å². The van der Waals surface area contributed by atoms with Crippen molar-refractivity contribution in [3.8, 4) is 28.5 Å². The number of benzene rings is 2. The Balaban J connectivity index is 1.48. The number of hydrogen-bond acceptors (Lipinski definition) is 7. The van der Waals surface area contributed by atoms with Gasteiger partial charge < -0.3 is 20.3 Å². The number of ether oxygens (including phenoxy) is 2. The lowest BCUT2D eigenvalue weighted by molar-refractivity contribution is 0.109. The molecule has 33 heavy (non-hydrogen) atoms. The van der Waals surface area contributed by atoms with Crippen LogP contribution in [0.15, 0.2) is 48.8 Å². The fraction of sp³-hybridized carbons (Fsp3) is 0.292. The van der Waals surface area contributed by atoms with Gasteiger partial charge in [0, 0.05) is 5.56 Å². The van der Waals surface area contributed by atoms with E-state index in [9.17, 15) is 9.50 Å². The molecule has 0 radical (unpaired) electrons. The maximum Gasteiger partial charge on any atom is 0.207 e. The number of methoxy groups -OCH3 is 1. The molecule has 5 rings (SSSR count). The summed E-state index contributed by atoms with van der Waals surface area (Å²) in [6.45, 7) is 0. The molecule has 170 valence electrons. The molecule has 1 saturated carbocycles. The predicted molar refractivity (Wildman–Crippen MR) is 122 cm³/mol. The van der Waals surface area contributed by atoms with Crippen molar-refractivity contribution in [1.82, 2.24) is 19.7 Å². The molecule has 0 bridgehead atoms. The molecule has 0 atom stereocenters. The van der Waals surface area contributed by atoms with Gasteiger partial charge in [-0.3, -0.25) is 0 Å².